The molecule has 0 amide bonds. The minimum absolute atomic E-state index is 0.174. The molecule has 1 heterocycles. The fourth-order valence-corrected chi connectivity index (χ4v) is 3.78. The molecule has 154 valence electrons. The highest BCUT2D eigenvalue weighted by atomic mass is 19.3. The molecule has 3 N–H and O–H groups in total. The number of pyridine rings is 1. The number of aliphatic hydroxyl groups excluding tert-OH is 1. The Labute approximate surface area is 167 Å². The smallest absolute Gasteiger partial charge is 0.388 e. The fourth-order valence-electron chi connectivity index (χ4n) is 3.78. The highest BCUT2D eigenvalue weighted by Gasteiger charge is 2.33. The largest absolute Gasteiger partial charge is 0.507 e. The summed E-state index contributed by atoms with van der Waals surface area (Å²) in [5.74, 6) is -1.24. The molecular weight excluding hydrogens is 380 g/mol. The summed E-state index contributed by atoms with van der Waals surface area (Å²) in [6.45, 7) is 4.55. The normalized spacial score (nSPS) is 21.7. The molecule has 1 aromatic carbocycles. The molecule has 7 heteroatoms. The van der Waals surface area contributed by atoms with Crippen molar-refractivity contribution in [3.63, 3.8) is 0 Å². The zero-order chi connectivity index (χ0) is 21.3. The molecule has 3 atom stereocenters. The molecular formula is C22H23F2NO4. The van der Waals surface area contributed by atoms with Crippen LogP contribution in [0.2, 0.25) is 0 Å². The second kappa shape index (κ2) is 8.21. The van der Waals surface area contributed by atoms with Crippen molar-refractivity contribution in [2.45, 2.75) is 38.9 Å². The van der Waals surface area contributed by atoms with Gasteiger partial charge in [0.2, 0.25) is 5.88 Å². The van der Waals surface area contributed by atoms with Crippen molar-refractivity contribution in [1.29, 1.82) is 0 Å². The van der Waals surface area contributed by atoms with Crippen LogP contribution < -0.4 is 4.74 Å². The molecule has 0 aliphatic heterocycles. The highest BCUT2D eigenvalue weighted by molar-refractivity contribution is 5.73. The van der Waals surface area contributed by atoms with Crippen LogP contribution in [0.3, 0.4) is 0 Å². The summed E-state index contributed by atoms with van der Waals surface area (Å²) in [5, 5.41) is 31.6. The molecule has 0 fully saturated rings. The van der Waals surface area contributed by atoms with Crippen LogP contribution in [0, 0.1) is 5.92 Å². The molecule has 0 spiro atoms. The van der Waals surface area contributed by atoms with E-state index in [4.69, 9.17) is 0 Å². The second-order valence-electron chi connectivity index (χ2n) is 7.30. The summed E-state index contributed by atoms with van der Waals surface area (Å²) in [5.41, 5.74) is 2.37. The number of alkyl halides is 2. The van der Waals surface area contributed by atoms with E-state index in [1.165, 1.54) is 24.4 Å². The molecule has 0 saturated heterocycles. The number of phenolic OH excluding ortho intramolecular Hbond substituents is 2. The molecule has 1 aliphatic rings. The fraction of sp³-hybridized carbons (Fsp3) is 0.318. The number of benzene rings is 1. The molecule has 0 bridgehead atoms. The summed E-state index contributed by atoms with van der Waals surface area (Å²) >= 11 is 0. The van der Waals surface area contributed by atoms with Crippen LogP contribution >= 0.6 is 0 Å². The summed E-state index contributed by atoms with van der Waals surface area (Å²) in [6, 6.07) is 5.82. The third-order valence-corrected chi connectivity index (χ3v) is 5.26. The number of allylic oxidation sites excluding steroid dienone is 2. The third kappa shape index (κ3) is 4.24. The van der Waals surface area contributed by atoms with Crippen LogP contribution in [0.25, 0.3) is 11.1 Å². The first-order valence-electron chi connectivity index (χ1n) is 9.16. The first-order valence-corrected chi connectivity index (χ1v) is 9.16. The minimum Gasteiger partial charge on any atom is -0.507 e. The molecule has 2 aromatic rings. The lowest BCUT2D eigenvalue weighted by atomic mass is 9.72. The number of aliphatic hydroxyl groups is 1. The molecule has 0 unspecified atom stereocenters. The van der Waals surface area contributed by atoms with Crippen molar-refractivity contribution in [1.82, 2.24) is 4.98 Å². The number of hydrogen-bond donors (Lipinski definition) is 3. The van der Waals surface area contributed by atoms with Crippen LogP contribution in [-0.2, 0) is 0 Å². The summed E-state index contributed by atoms with van der Waals surface area (Å²) in [7, 11) is 0. The number of halogens is 2. The van der Waals surface area contributed by atoms with Crippen LogP contribution in [0.4, 0.5) is 8.78 Å². The first-order chi connectivity index (χ1) is 13.7. The SMILES string of the molecule is C=C(C)[C@@H]1C[C@H](O)C(C)=C[C@H]1c1c(O)cc(-c2cccnc2OC(F)F)cc1O. The summed E-state index contributed by atoms with van der Waals surface area (Å²) in [6.07, 6.45) is 2.95. The van der Waals surface area contributed by atoms with E-state index in [-0.39, 0.29) is 40.3 Å². The Balaban J connectivity index is 2.09. The van der Waals surface area contributed by atoms with Gasteiger partial charge in [-0.05, 0) is 61.6 Å². The Morgan fingerprint density at radius 2 is 1.93 bits per heavy atom. The van der Waals surface area contributed by atoms with Crippen molar-refractivity contribution < 1.29 is 28.8 Å². The minimum atomic E-state index is -3.05. The average Bonchev–Trinajstić information content (AvgIpc) is 2.63. The van der Waals surface area contributed by atoms with Crippen LogP contribution in [0.5, 0.6) is 17.4 Å². The molecule has 3 rings (SSSR count). The predicted molar refractivity (Wildman–Crippen MR) is 105 cm³/mol. The van der Waals surface area contributed by atoms with Gasteiger partial charge >= 0.3 is 6.61 Å². The summed E-state index contributed by atoms with van der Waals surface area (Å²) < 4.78 is 29.8. The van der Waals surface area contributed by atoms with Gasteiger partial charge in [-0.2, -0.15) is 8.78 Å². The highest BCUT2D eigenvalue weighted by Crippen LogP contribution is 2.48. The number of phenols is 2. The molecule has 1 aromatic heterocycles. The predicted octanol–water partition coefficient (Wildman–Crippen LogP) is 4.75. The molecule has 5 nitrogen and oxygen atoms in total. The Kier molecular flexibility index (Phi) is 5.88. The van der Waals surface area contributed by atoms with E-state index in [0.29, 0.717) is 12.0 Å². The molecule has 29 heavy (non-hydrogen) atoms. The van der Waals surface area contributed by atoms with Crippen molar-refractivity contribution in [2.75, 3.05) is 0 Å². The number of rotatable bonds is 5. The number of aromatic nitrogens is 1. The van der Waals surface area contributed by atoms with Crippen molar-refractivity contribution in [3.8, 4) is 28.5 Å². The zero-order valence-corrected chi connectivity index (χ0v) is 16.1. The van der Waals surface area contributed by atoms with Crippen LogP contribution in [-0.4, -0.2) is 33.0 Å². The molecule has 0 saturated carbocycles. The van der Waals surface area contributed by atoms with Crippen molar-refractivity contribution in [3.05, 3.63) is 59.8 Å². The number of aromatic hydroxyl groups is 2. The monoisotopic (exact) mass is 403 g/mol. The number of ether oxygens (including phenoxy) is 1. The van der Waals surface area contributed by atoms with Gasteiger partial charge in [0.15, 0.2) is 0 Å². The Bertz CT molecular complexity index is 935. The Hall–Kier alpha value is -2.93. The van der Waals surface area contributed by atoms with Gasteiger partial charge in [0.25, 0.3) is 0 Å². The van der Waals surface area contributed by atoms with Gasteiger partial charge in [-0.15, -0.1) is 0 Å². The van der Waals surface area contributed by atoms with Gasteiger partial charge in [0, 0.05) is 23.2 Å². The van der Waals surface area contributed by atoms with E-state index >= 15 is 0 Å². The second-order valence-corrected chi connectivity index (χ2v) is 7.30. The van der Waals surface area contributed by atoms with E-state index in [9.17, 15) is 24.1 Å². The Morgan fingerprint density at radius 3 is 2.52 bits per heavy atom. The van der Waals surface area contributed by atoms with Crippen molar-refractivity contribution in [2.24, 2.45) is 5.92 Å². The quantitative estimate of drug-likeness (QED) is 0.628. The third-order valence-electron chi connectivity index (χ3n) is 5.26. The summed E-state index contributed by atoms with van der Waals surface area (Å²) in [4.78, 5) is 3.81. The van der Waals surface area contributed by atoms with E-state index in [1.54, 1.807) is 13.0 Å². The first kappa shape index (κ1) is 20.8. The lowest BCUT2D eigenvalue weighted by Crippen LogP contribution is -2.26. The lowest BCUT2D eigenvalue weighted by molar-refractivity contribution is -0.0524. The molecule has 1 aliphatic carbocycles. The average molecular weight is 403 g/mol. The topological polar surface area (TPSA) is 82.8 Å². The van der Waals surface area contributed by atoms with Crippen molar-refractivity contribution >= 4 is 0 Å². The maximum atomic E-state index is 12.7. The maximum absolute atomic E-state index is 12.7. The maximum Gasteiger partial charge on any atom is 0.388 e. The lowest BCUT2D eigenvalue weighted by Gasteiger charge is -2.34. The number of nitrogens with zero attached hydrogens (tertiary/aromatic N) is 1. The number of hydrogen-bond acceptors (Lipinski definition) is 5. The van der Waals surface area contributed by atoms with Gasteiger partial charge < -0.3 is 20.1 Å². The van der Waals surface area contributed by atoms with E-state index in [1.807, 2.05) is 13.0 Å². The van der Waals surface area contributed by atoms with Gasteiger partial charge in [0.05, 0.1) is 6.10 Å². The standard InChI is InChI=1S/C22H23F2NO4/c1-11(2)15-10-17(26)12(3)7-16(15)20-18(27)8-13(9-19(20)28)14-5-4-6-25-21(14)29-22(23)24/h4-9,15-17,22,26-28H,1,10H2,2-3H3/t15-,16+,17-/m0/s1. The van der Waals surface area contributed by atoms with Crippen LogP contribution in [0.15, 0.2) is 54.3 Å². The van der Waals surface area contributed by atoms with Gasteiger partial charge in [-0.3, -0.25) is 0 Å². The molecule has 0 radical (unpaired) electrons. The van der Waals surface area contributed by atoms with Gasteiger partial charge in [-0.1, -0.05) is 18.2 Å². The Morgan fingerprint density at radius 1 is 1.28 bits per heavy atom. The van der Waals surface area contributed by atoms with Gasteiger partial charge in [-0.25, -0.2) is 4.98 Å². The van der Waals surface area contributed by atoms with Crippen LogP contribution in [0.1, 0.15) is 31.7 Å². The van der Waals surface area contributed by atoms with Gasteiger partial charge in [0.1, 0.15) is 11.5 Å². The zero-order valence-electron chi connectivity index (χ0n) is 16.1. The van der Waals surface area contributed by atoms with E-state index < -0.39 is 12.7 Å². The van der Waals surface area contributed by atoms with E-state index in [2.05, 4.69) is 16.3 Å². The van der Waals surface area contributed by atoms with E-state index in [0.717, 1.165) is 11.1 Å².